The van der Waals surface area contributed by atoms with E-state index in [9.17, 15) is 9.90 Å². The first kappa shape index (κ1) is 10.1. The second-order valence-corrected chi connectivity index (χ2v) is 3.39. The van der Waals surface area contributed by atoms with Crippen LogP contribution in [-0.2, 0) is 0 Å². The van der Waals surface area contributed by atoms with Crippen molar-refractivity contribution in [2.24, 2.45) is 0 Å². The molecule has 13 heavy (non-hydrogen) atoms. The van der Waals surface area contributed by atoms with E-state index in [1.54, 1.807) is 0 Å². The first-order valence-corrected chi connectivity index (χ1v) is 4.35. The minimum atomic E-state index is -0.370. The Morgan fingerprint density at radius 3 is 2.77 bits per heavy atom. The molecule has 0 spiro atoms. The Labute approximate surface area is 85.7 Å². The molecular formula is C8H7BBrNO2. The second kappa shape index (κ2) is 3.83. The number of hydrogen-bond donors (Lipinski definition) is 2. The number of carbonyl (C=O) groups excluding carboxylic acids is 1. The van der Waals surface area contributed by atoms with Crippen molar-refractivity contribution >= 4 is 35.1 Å². The van der Waals surface area contributed by atoms with Gasteiger partial charge in [0, 0.05) is 11.5 Å². The molecule has 0 unspecified atom stereocenters. The number of rotatable bonds is 1. The molecule has 1 rings (SSSR count). The molecule has 0 aliphatic heterocycles. The molecule has 2 N–H and O–H groups in total. The van der Waals surface area contributed by atoms with E-state index in [1.165, 1.54) is 19.2 Å². The first-order chi connectivity index (χ1) is 6.06. The molecule has 0 saturated heterocycles. The van der Waals surface area contributed by atoms with Crippen LogP contribution >= 0.6 is 15.9 Å². The lowest BCUT2D eigenvalue weighted by atomic mass is 9.92. The van der Waals surface area contributed by atoms with Crippen molar-refractivity contribution in [2.75, 3.05) is 7.05 Å². The summed E-state index contributed by atoms with van der Waals surface area (Å²) in [7, 11) is 6.94. The molecule has 3 nitrogen and oxygen atoms in total. The lowest BCUT2D eigenvalue weighted by Crippen LogP contribution is -2.20. The molecule has 0 bridgehead atoms. The van der Waals surface area contributed by atoms with Gasteiger partial charge in [-0.3, -0.25) is 4.79 Å². The molecule has 1 aromatic rings. The van der Waals surface area contributed by atoms with E-state index in [0.717, 1.165) is 0 Å². The number of benzene rings is 1. The van der Waals surface area contributed by atoms with Crippen molar-refractivity contribution in [2.45, 2.75) is 0 Å². The normalized spacial score (nSPS) is 9.69. The van der Waals surface area contributed by atoms with E-state index in [1.807, 2.05) is 0 Å². The van der Waals surface area contributed by atoms with Crippen LogP contribution in [0.4, 0.5) is 0 Å². The molecular weight excluding hydrogens is 233 g/mol. The number of phenols is 1. The molecule has 0 aliphatic carbocycles. The van der Waals surface area contributed by atoms with Gasteiger partial charge in [0.05, 0.1) is 5.56 Å². The Morgan fingerprint density at radius 2 is 2.23 bits per heavy atom. The van der Waals surface area contributed by atoms with Gasteiger partial charge in [0.2, 0.25) is 0 Å². The quantitative estimate of drug-likeness (QED) is 0.694. The van der Waals surface area contributed by atoms with Gasteiger partial charge in [-0.1, -0.05) is 27.5 Å². The van der Waals surface area contributed by atoms with Gasteiger partial charge in [0.15, 0.2) is 0 Å². The van der Waals surface area contributed by atoms with Crippen LogP contribution in [-0.4, -0.2) is 25.9 Å². The van der Waals surface area contributed by atoms with Gasteiger partial charge in [-0.15, -0.1) is 0 Å². The van der Waals surface area contributed by atoms with Crippen molar-refractivity contribution in [3.8, 4) is 5.75 Å². The lowest BCUT2D eigenvalue weighted by molar-refractivity contribution is 0.0960. The highest BCUT2D eigenvalue weighted by Gasteiger charge is 2.11. The molecule has 0 aromatic heterocycles. The van der Waals surface area contributed by atoms with E-state index >= 15 is 0 Å². The van der Waals surface area contributed by atoms with Crippen LogP contribution < -0.4 is 10.8 Å². The molecule has 5 heteroatoms. The van der Waals surface area contributed by atoms with E-state index in [2.05, 4.69) is 21.2 Å². The van der Waals surface area contributed by atoms with Gasteiger partial charge in [0.1, 0.15) is 13.6 Å². The number of phenolic OH excluding ortho intramolecular Hbond substituents is 1. The summed E-state index contributed by atoms with van der Waals surface area (Å²) in [6.07, 6.45) is 0. The smallest absolute Gasteiger partial charge is 0.254 e. The predicted octanol–water partition coefficient (Wildman–Crippen LogP) is 0.308. The molecule has 0 saturated carbocycles. The maximum atomic E-state index is 11.2. The van der Waals surface area contributed by atoms with Crippen LogP contribution in [0.25, 0.3) is 0 Å². The van der Waals surface area contributed by atoms with Crippen molar-refractivity contribution in [3.63, 3.8) is 0 Å². The van der Waals surface area contributed by atoms with E-state index in [-0.39, 0.29) is 22.7 Å². The van der Waals surface area contributed by atoms with Crippen molar-refractivity contribution in [1.29, 1.82) is 0 Å². The van der Waals surface area contributed by atoms with Crippen LogP contribution in [0.3, 0.4) is 0 Å². The average molecular weight is 240 g/mol. The molecule has 1 aromatic carbocycles. The highest BCUT2D eigenvalue weighted by atomic mass is 79.9. The number of halogens is 1. The molecule has 0 aliphatic rings. The van der Waals surface area contributed by atoms with Gasteiger partial charge in [0.25, 0.3) is 5.91 Å². The Bertz CT molecular complexity index is 354. The number of carbonyl (C=O) groups is 1. The van der Waals surface area contributed by atoms with Crippen molar-refractivity contribution in [3.05, 3.63) is 22.2 Å². The van der Waals surface area contributed by atoms with Crippen LogP contribution in [0, 0.1) is 0 Å². The minimum Gasteiger partial charge on any atom is -0.508 e. The monoisotopic (exact) mass is 239 g/mol. The van der Waals surface area contributed by atoms with E-state index in [4.69, 9.17) is 7.85 Å². The van der Waals surface area contributed by atoms with Crippen molar-refractivity contribution in [1.82, 2.24) is 5.32 Å². The summed E-state index contributed by atoms with van der Waals surface area (Å²) in [6.45, 7) is 0. The minimum absolute atomic E-state index is 0.161. The number of aromatic hydroxyl groups is 1. The van der Waals surface area contributed by atoms with Gasteiger partial charge >= 0.3 is 0 Å². The Morgan fingerprint density at radius 1 is 1.62 bits per heavy atom. The zero-order chi connectivity index (χ0) is 10.0. The summed E-state index contributed by atoms with van der Waals surface area (Å²) in [6, 6.07) is 3.03. The van der Waals surface area contributed by atoms with E-state index < -0.39 is 0 Å². The third kappa shape index (κ3) is 2.04. The number of amides is 1. The van der Waals surface area contributed by atoms with Crippen LogP contribution in [0.1, 0.15) is 10.4 Å². The lowest BCUT2D eigenvalue weighted by Gasteiger charge is -2.06. The fraction of sp³-hybridized carbons (Fsp3) is 0.125. The third-order valence-electron chi connectivity index (χ3n) is 1.58. The SMILES string of the molecule is [B]c1cc(Br)cc(C(=O)NC)c1O. The van der Waals surface area contributed by atoms with Crippen LogP contribution in [0.2, 0.25) is 0 Å². The largest absolute Gasteiger partial charge is 0.508 e. The van der Waals surface area contributed by atoms with Gasteiger partial charge in [-0.2, -0.15) is 0 Å². The van der Waals surface area contributed by atoms with Crippen LogP contribution in [0.15, 0.2) is 16.6 Å². The fourth-order valence-electron chi connectivity index (χ4n) is 0.928. The molecule has 0 heterocycles. The maximum Gasteiger partial charge on any atom is 0.254 e. The Hall–Kier alpha value is -0.965. The molecule has 0 atom stereocenters. The third-order valence-corrected chi connectivity index (χ3v) is 2.03. The zero-order valence-electron chi connectivity index (χ0n) is 6.97. The first-order valence-electron chi connectivity index (χ1n) is 3.56. The van der Waals surface area contributed by atoms with Gasteiger partial charge in [-0.25, -0.2) is 0 Å². The molecule has 0 fully saturated rings. The van der Waals surface area contributed by atoms with Crippen molar-refractivity contribution < 1.29 is 9.90 Å². The highest BCUT2D eigenvalue weighted by molar-refractivity contribution is 9.10. The number of hydrogen-bond acceptors (Lipinski definition) is 2. The predicted molar refractivity (Wildman–Crippen MR) is 54.6 cm³/mol. The average Bonchev–Trinajstić information content (AvgIpc) is 2.10. The van der Waals surface area contributed by atoms with Gasteiger partial charge < -0.3 is 10.4 Å². The van der Waals surface area contributed by atoms with Crippen LogP contribution in [0.5, 0.6) is 5.75 Å². The summed E-state index contributed by atoms with van der Waals surface area (Å²) in [5, 5.41) is 11.8. The Balaban J connectivity index is 3.28. The molecule has 2 radical (unpaired) electrons. The Kier molecular flexibility index (Phi) is 2.98. The number of nitrogens with one attached hydrogen (secondary N) is 1. The highest BCUT2D eigenvalue weighted by Crippen LogP contribution is 2.18. The summed E-state index contributed by atoms with van der Waals surface area (Å²) in [5.74, 6) is -0.562. The standard InChI is InChI=1S/C8H7BBrNO2/c1-11-8(13)5-2-4(10)3-6(9)7(5)12/h2-3,12H,1H3,(H,11,13). The summed E-state index contributed by atoms with van der Waals surface area (Å²) >= 11 is 3.17. The summed E-state index contributed by atoms with van der Waals surface area (Å²) in [4.78, 5) is 11.2. The summed E-state index contributed by atoms with van der Waals surface area (Å²) < 4.78 is 0.654. The topological polar surface area (TPSA) is 49.3 Å². The molecule has 1 amide bonds. The fourth-order valence-corrected chi connectivity index (χ4v) is 1.40. The maximum absolute atomic E-state index is 11.2. The molecule has 66 valence electrons. The van der Waals surface area contributed by atoms with Gasteiger partial charge in [-0.05, 0) is 6.07 Å². The second-order valence-electron chi connectivity index (χ2n) is 2.47. The zero-order valence-corrected chi connectivity index (χ0v) is 8.55. The van der Waals surface area contributed by atoms with E-state index in [0.29, 0.717) is 4.47 Å². The summed E-state index contributed by atoms with van der Waals surface area (Å²) in [5.41, 5.74) is 0.336.